The molecule has 1 amide bonds. The summed E-state index contributed by atoms with van der Waals surface area (Å²) in [5, 5.41) is 27.0. The van der Waals surface area contributed by atoms with Crippen molar-refractivity contribution in [2.24, 2.45) is 0 Å². The molecule has 0 bridgehead atoms. The van der Waals surface area contributed by atoms with Gasteiger partial charge in [0.05, 0.1) is 39.6 Å². The third-order valence-corrected chi connectivity index (χ3v) is 14.5. The van der Waals surface area contributed by atoms with Gasteiger partial charge in [-0.25, -0.2) is 9.78 Å². The Kier molecular flexibility index (Phi) is 13.4. The second-order valence-corrected chi connectivity index (χ2v) is 18.5. The number of nitrogens with one attached hydrogen (secondary N) is 2. The molecular formula is C47H41Cl2N5O7S2. The van der Waals surface area contributed by atoms with Crippen molar-refractivity contribution >= 4 is 62.9 Å². The number of thiazole rings is 1. The number of amides is 1. The summed E-state index contributed by atoms with van der Waals surface area (Å²) in [7, 11) is 0. The first-order chi connectivity index (χ1) is 30.5. The fourth-order valence-corrected chi connectivity index (χ4v) is 10.5. The summed E-state index contributed by atoms with van der Waals surface area (Å²) in [6.45, 7) is 5.01. The first kappa shape index (κ1) is 43.8. The molecule has 0 radical (unpaired) electrons. The second-order valence-electron chi connectivity index (χ2n) is 15.0. The summed E-state index contributed by atoms with van der Waals surface area (Å²) in [6, 6.07) is 31.1. The van der Waals surface area contributed by atoms with Crippen LogP contribution in [0.1, 0.15) is 52.1 Å². The Hall–Kier alpha value is -5.79. The summed E-state index contributed by atoms with van der Waals surface area (Å²) in [4.78, 5) is 31.5. The van der Waals surface area contributed by atoms with E-state index in [1.165, 1.54) is 11.3 Å². The van der Waals surface area contributed by atoms with Gasteiger partial charge in [-0.2, -0.15) is 5.26 Å². The maximum absolute atomic E-state index is 14.6. The van der Waals surface area contributed by atoms with E-state index in [2.05, 4.69) is 21.7 Å². The number of nitrogens with zero attached hydrogens (tertiary/aromatic N) is 3. The zero-order valence-electron chi connectivity index (χ0n) is 34.1. The lowest BCUT2D eigenvalue weighted by Crippen LogP contribution is -2.55. The molecule has 322 valence electrons. The Morgan fingerprint density at radius 2 is 1.68 bits per heavy atom. The summed E-state index contributed by atoms with van der Waals surface area (Å²) in [5.41, 5.74) is 7.01. The quantitative estimate of drug-likeness (QED) is 0.0892. The number of benzene rings is 5. The second kappa shape index (κ2) is 19.3. The normalized spacial score (nSPS) is 16.6. The lowest BCUT2D eigenvalue weighted by molar-refractivity contribution is -0.142. The third kappa shape index (κ3) is 10.0. The van der Waals surface area contributed by atoms with E-state index >= 15 is 0 Å². The predicted octanol–water partition coefficient (Wildman–Crippen LogP) is 9.08. The summed E-state index contributed by atoms with van der Waals surface area (Å²) >= 11 is 11.6. The molecule has 6 aromatic rings. The van der Waals surface area contributed by atoms with Gasteiger partial charge in [0.1, 0.15) is 36.7 Å². The average Bonchev–Trinajstić information content (AvgIpc) is 3.67. The molecule has 1 aromatic heterocycles. The summed E-state index contributed by atoms with van der Waals surface area (Å²) in [6.07, 6.45) is -0.258. The zero-order valence-corrected chi connectivity index (χ0v) is 37.2. The maximum atomic E-state index is 14.6. The lowest BCUT2D eigenvalue weighted by atomic mass is 9.94. The SMILES string of the molecule is CCNc1nc(C)c([S+]([O-])N2Cc3cc4c(cc3C[C@H]2C(=O)N[C@@H](Cc2ccc(-c3ccc(C#N)cc3)cc2)C(=O)O)OC[C@@H](c2ccc(OCc3ccc(Cl)c(Cl)c3)cc2)O4)s1. The van der Waals surface area contributed by atoms with Gasteiger partial charge in [0.2, 0.25) is 5.91 Å². The number of aliphatic carboxylic acids is 1. The van der Waals surface area contributed by atoms with Crippen molar-refractivity contribution in [3.05, 3.63) is 152 Å². The molecule has 3 N–H and O–H groups in total. The van der Waals surface area contributed by atoms with E-state index in [0.29, 0.717) is 66.6 Å². The van der Waals surface area contributed by atoms with Crippen molar-refractivity contribution in [2.45, 2.75) is 62.2 Å². The smallest absolute Gasteiger partial charge is 0.326 e. The number of hydrogen-bond donors (Lipinski definition) is 3. The molecule has 1 unspecified atom stereocenters. The maximum Gasteiger partial charge on any atom is 0.326 e. The molecule has 5 aromatic carbocycles. The van der Waals surface area contributed by atoms with Crippen LogP contribution in [-0.4, -0.2) is 56.1 Å². The highest BCUT2D eigenvalue weighted by Crippen LogP contribution is 2.42. The van der Waals surface area contributed by atoms with E-state index in [-0.39, 0.29) is 26.0 Å². The average molecular weight is 923 g/mol. The van der Waals surface area contributed by atoms with Gasteiger partial charge in [0.25, 0.3) is 4.21 Å². The highest BCUT2D eigenvalue weighted by Gasteiger charge is 2.43. The predicted molar refractivity (Wildman–Crippen MR) is 243 cm³/mol. The molecule has 8 rings (SSSR count). The Morgan fingerprint density at radius 3 is 2.37 bits per heavy atom. The molecule has 63 heavy (non-hydrogen) atoms. The minimum absolute atomic E-state index is 0.0233. The van der Waals surface area contributed by atoms with Crippen LogP contribution < -0.4 is 24.8 Å². The monoisotopic (exact) mass is 921 g/mol. The van der Waals surface area contributed by atoms with Crippen LogP contribution in [0, 0.1) is 18.3 Å². The number of nitriles is 1. The number of anilines is 1. The van der Waals surface area contributed by atoms with E-state index < -0.39 is 41.4 Å². The number of ether oxygens (including phenoxy) is 3. The van der Waals surface area contributed by atoms with Gasteiger partial charge in [-0.05, 0) is 113 Å². The van der Waals surface area contributed by atoms with E-state index in [9.17, 15) is 19.2 Å². The molecule has 0 saturated carbocycles. The highest BCUT2D eigenvalue weighted by atomic mass is 35.5. The number of carboxylic acid groups (broad SMARTS) is 1. The fourth-order valence-electron chi connectivity index (χ4n) is 7.42. The van der Waals surface area contributed by atoms with Crippen molar-refractivity contribution in [1.29, 1.82) is 5.26 Å². The Bertz CT molecular complexity index is 2680. The van der Waals surface area contributed by atoms with Crippen LogP contribution in [0.25, 0.3) is 11.1 Å². The van der Waals surface area contributed by atoms with Crippen LogP contribution in [0.2, 0.25) is 10.0 Å². The molecule has 16 heteroatoms. The van der Waals surface area contributed by atoms with Gasteiger partial charge < -0.3 is 34.5 Å². The summed E-state index contributed by atoms with van der Waals surface area (Å²) in [5.74, 6) is -0.0681. The molecule has 2 aliphatic heterocycles. The molecule has 0 aliphatic carbocycles. The number of carboxylic acids is 1. The van der Waals surface area contributed by atoms with Crippen LogP contribution in [0.3, 0.4) is 0 Å². The molecule has 3 heterocycles. The van der Waals surface area contributed by atoms with Crippen LogP contribution >= 0.6 is 34.5 Å². The number of halogens is 2. The van der Waals surface area contributed by atoms with Gasteiger partial charge in [0, 0.05) is 19.4 Å². The molecule has 0 spiro atoms. The Labute approximate surface area is 381 Å². The number of aryl methyl sites for hydroxylation is 1. The van der Waals surface area contributed by atoms with E-state index in [1.54, 1.807) is 35.5 Å². The van der Waals surface area contributed by atoms with E-state index in [0.717, 1.165) is 33.4 Å². The Morgan fingerprint density at radius 1 is 0.984 bits per heavy atom. The van der Waals surface area contributed by atoms with E-state index in [4.69, 9.17) is 42.7 Å². The van der Waals surface area contributed by atoms with E-state index in [1.807, 2.05) is 85.8 Å². The number of aromatic nitrogens is 1. The first-order valence-electron chi connectivity index (χ1n) is 20.1. The zero-order chi connectivity index (χ0) is 44.2. The van der Waals surface area contributed by atoms with Gasteiger partial charge in [-0.3, -0.25) is 4.79 Å². The van der Waals surface area contributed by atoms with Crippen molar-refractivity contribution in [1.82, 2.24) is 14.6 Å². The molecule has 0 fully saturated rings. The number of fused-ring (bicyclic) bond motifs is 2. The first-order valence-corrected chi connectivity index (χ1v) is 22.8. The van der Waals surface area contributed by atoms with Gasteiger partial charge >= 0.3 is 5.97 Å². The third-order valence-electron chi connectivity index (χ3n) is 10.8. The topological polar surface area (TPSA) is 169 Å². The van der Waals surface area contributed by atoms with Crippen molar-refractivity contribution in [3.8, 4) is 34.4 Å². The van der Waals surface area contributed by atoms with Crippen molar-refractivity contribution in [3.63, 3.8) is 0 Å². The number of carbonyl (C=O) groups is 2. The minimum Gasteiger partial charge on any atom is -0.592 e. The van der Waals surface area contributed by atoms with Gasteiger partial charge in [-0.15, -0.1) is 4.31 Å². The molecule has 0 saturated heterocycles. The molecular weight excluding hydrogens is 882 g/mol. The van der Waals surface area contributed by atoms with Crippen LogP contribution in [0.4, 0.5) is 5.13 Å². The standard InChI is InChI=1S/C47H41Cl2N5O7S2/c1-3-51-47-52-27(2)46(62-47)63(58)54-24-35-22-42-41(60-26-43(61-42)33-13-15-36(16-14-33)59-25-30-8-17-37(48)38(49)18-30)21-34(35)20-40(54)44(55)53-39(45(56)57)19-28-4-9-31(10-5-28)32-11-6-29(23-50)7-12-32/h4-18,21-22,39-40,43H,3,19-20,24-26H2,1-2H3,(H,51,52)(H,53,55)(H,56,57)/t39-,40-,43-,63?/m0/s1. The Balaban J connectivity index is 0.998. The molecule has 2 aliphatic rings. The van der Waals surface area contributed by atoms with Crippen molar-refractivity contribution < 1.29 is 33.5 Å². The fraction of sp³-hybridized carbons (Fsp3) is 0.234. The minimum atomic E-state index is -1.84. The van der Waals surface area contributed by atoms with Gasteiger partial charge in [0.15, 0.2) is 22.7 Å². The lowest BCUT2D eigenvalue weighted by Gasteiger charge is -2.36. The molecule has 12 nitrogen and oxygen atoms in total. The summed E-state index contributed by atoms with van der Waals surface area (Å²) < 4.78 is 35.4. The van der Waals surface area contributed by atoms with Gasteiger partial charge in [-0.1, -0.05) is 77.8 Å². The number of hydrogen-bond acceptors (Lipinski definition) is 11. The largest absolute Gasteiger partial charge is 0.592 e. The van der Waals surface area contributed by atoms with Crippen LogP contribution in [0.15, 0.2) is 107 Å². The number of rotatable bonds is 14. The van der Waals surface area contributed by atoms with Crippen LogP contribution in [0.5, 0.6) is 17.2 Å². The van der Waals surface area contributed by atoms with Crippen molar-refractivity contribution in [2.75, 3.05) is 18.5 Å². The molecule has 4 atom stereocenters. The highest BCUT2D eigenvalue weighted by molar-refractivity contribution is 7.91. The van der Waals surface area contributed by atoms with Crippen LogP contribution in [-0.2, 0) is 46.9 Å². The number of carbonyl (C=O) groups excluding carboxylic acids is 1.